The number of fused-ring (bicyclic) bond motifs is 1. The van der Waals surface area contributed by atoms with Gasteiger partial charge in [-0.25, -0.2) is 0 Å². The number of allylic oxidation sites excluding steroid dienone is 1. The number of rotatable bonds is 2. The van der Waals surface area contributed by atoms with Gasteiger partial charge in [0.2, 0.25) is 0 Å². The van der Waals surface area contributed by atoms with Gasteiger partial charge in [-0.2, -0.15) is 0 Å². The van der Waals surface area contributed by atoms with Gasteiger partial charge < -0.3 is 14.9 Å². The summed E-state index contributed by atoms with van der Waals surface area (Å²) in [5, 5.41) is 20.4. The van der Waals surface area contributed by atoms with Crippen LogP contribution in [0.25, 0.3) is 10.8 Å². The van der Waals surface area contributed by atoms with Crippen LogP contribution < -0.4 is 4.74 Å². The van der Waals surface area contributed by atoms with E-state index in [9.17, 15) is 10.2 Å². The van der Waals surface area contributed by atoms with E-state index in [-0.39, 0.29) is 11.5 Å². The molecule has 0 amide bonds. The van der Waals surface area contributed by atoms with Crippen LogP contribution in [-0.4, -0.2) is 10.2 Å². The number of phenols is 2. The number of benzene rings is 2. The van der Waals surface area contributed by atoms with E-state index < -0.39 is 0 Å². The Kier molecular flexibility index (Phi) is 2.44. The predicted molar refractivity (Wildman–Crippen MR) is 62.7 cm³/mol. The molecule has 2 aromatic rings. The van der Waals surface area contributed by atoms with Gasteiger partial charge in [0.1, 0.15) is 17.2 Å². The second-order valence-electron chi connectivity index (χ2n) is 3.62. The first-order valence-electron chi connectivity index (χ1n) is 4.86. The number of ether oxygens (including phenoxy) is 1. The van der Waals surface area contributed by atoms with Crippen LogP contribution in [0.3, 0.4) is 0 Å². The third-order valence-corrected chi connectivity index (χ3v) is 2.20. The SMILES string of the molecule is C=C(C)Oc1cccc2c(O)cc(O)cc12. The van der Waals surface area contributed by atoms with Gasteiger partial charge in [-0.15, -0.1) is 0 Å². The molecule has 2 N–H and O–H groups in total. The highest BCUT2D eigenvalue weighted by atomic mass is 16.5. The Bertz CT molecular complexity index is 558. The molecule has 16 heavy (non-hydrogen) atoms. The monoisotopic (exact) mass is 216 g/mol. The van der Waals surface area contributed by atoms with E-state index in [0.717, 1.165) is 0 Å². The molecular formula is C13H12O3. The molecule has 0 spiro atoms. The number of hydrogen-bond donors (Lipinski definition) is 2. The van der Waals surface area contributed by atoms with E-state index in [1.165, 1.54) is 6.07 Å². The van der Waals surface area contributed by atoms with Crippen LogP contribution in [0.4, 0.5) is 0 Å². The Labute approximate surface area is 93.2 Å². The zero-order chi connectivity index (χ0) is 11.7. The number of hydrogen-bond acceptors (Lipinski definition) is 3. The molecule has 2 aromatic carbocycles. The summed E-state index contributed by atoms with van der Waals surface area (Å²) in [6, 6.07) is 8.14. The third kappa shape index (κ3) is 1.80. The first-order valence-corrected chi connectivity index (χ1v) is 4.86. The van der Waals surface area contributed by atoms with Crippen molar-refractivity contribution in [3.63, 3.8) is 0 Å². The molecular weight excluding hydrogens is 204 g/mol. The smallest absolute Gasteiger partial charge is 0.134 e. The fourth-order valence-corrected chi connectivity index (χ4v) is 1.60. The summed E-state index contributed by atoms with van der Waals surface area (Å²) in [4.78, 5) is 0. The summed E-state index contributed by atoms with van der Waals surface area (Å²) in [7, 11) is 0. The lowest BCUT2D eigenvalue weighted by atomic mass is 10.1. The largest absolute Gasteiger partial charge is 0.508 e. The van der Waals surface area contributed by atoms with Gasteiger partial charge in [0.25, 0.3) is 0 Å². The van der Waals surface area contributed by atoms with Crippen molar-refractivity contribution < 1.29 is 14.9 Å². The van der Waals surface area contributed by atoms with Crippen LogP contribution >= 0.6 is 0 Å². The summed E-state index contributed by atoms with van der Waals surface area (Å²) in [6.45, 7) is 5.39. The summed E-state index contributed by atoms with van der Waals surface area (Å²) in [5.74, 6) is 1.15. The molecule has 0 saturated carbocycles. The van der Waals surface area contributed by atoms with Crippen molar-refractivity contribution in [2.24, 2.45) is 0 Å². The molecule has 0 fully saturated rings. The average Bonchev–Trinajstić information content (AvgIpc) is 2.18. The highest BCUT2D eigenvalue weighted by molar-refractivity contribution is 5.94. The standard InChI is InChI=1S/C13H12O3/c1-8(2)16-13-5-3-4-10-11(13)6-9(14)7-12(10)15/h3-7,14-15H,1H2,2H3. The highest BCUT2D eigenvalue weighted by Gasteiger charge is 2.07. The van der Waals surface area contributed by atoms with E-state index in [2.05, 4.69) is 6.58 Å². The summed E-state index contributed by atoms with van der Waals surface area (Å²) in [6.07, 6.45) is 0. The summed E-state index contributed by atoms with van der Waals surface area (Å²) < 4.78 is 5.42. The van der Waals surface area contributed by atoms with E-state index in [1.807, 2.05) is 0 Å². The lowest BCUT2D eigenvalue weighted by molar-refractivity contribution is 0.433. The van der Waals surface area contributed by atoms with Gasteiger partial charge >= 0.3 is 0 Å². The fourth-order valence-electron chi connectivity index (χ4n) is 1.60. The Balaban J connectivity index is 2.71. The first-order chi connectivity index (χ1) is 7.58. The minimum absolute atomic E-state index is 0.00256. The molecule has 3 nitrogen and oxygen atoms in total. The molecule has 0 aliphatic rings. The maximum atomic E-state index is 9.67. The lowest BCUT2D eigenvalue weighted by Crippen LogP contribution is -1.89. The van der Waals surface area contributed by atoms with Gasteiger partial charge in [0.05, 0.1) is 5.76 Å². The van der Waals surface area contributed by atoms with Crippen molar-refractivity contribution in [3.8, 4) is 17.2 Å². The second-order valence-corrected chi connectivity index (χ2v) is 3.62. The molecule has 3 heteroatoms. The average molecular weight is 216 g/mol. The van der Waals surface area contributed by atoms with Crippen LogP contribution in [0.2, 0.25) is 0 Å². The second kappa shape index (κ2) is 3.77. The predicted octanol–water partition coefficient (Wildman–Crippen LogP) is 3.16. The van der Waals surface area contributed by atoms with Gasteiger partial charge in [-0.3, -0.25) is 0 Å². The maximum Gasteiger partial charge on any atom is 0.134 e. The number of aromatic hydroxyl groups is 2. The first kappa shape index (κ1) is 10.4. The van der Waals surface area contributed by atoms with E-state index in [0.29, 0.717) is 22.3 Å². The minimum atomic E-state index is 0.00256. The van der Waals surface area contributed by atoms with Crippen molar-refractivity contribution in [1.29, 1.82) is 0 Å². The van der Waals surface area contributed by atoms with Crippen LogP contribution in [0, 0.1) is 0 Å². The molecule has 0 saturated heterocycles. The van der Waals surface area contributed by atoms with E-state index in [4.69, 9.17) is 4.74 Å². The molecule has 0 heterocycles. The summed E-state index contributed by atoms with van der Waals surface area (Å²) >= 11 is 0. The van der Waals surface area contributed by atoms with Gasteiger partial charge in [0, 0.05) is 16.8 Å². The Hall–Kier alpha value is -2.16. The van der Waals surface area contributed by atoms with Crippen molar-refractivity contribution in [2.75, 3.05) is 0 Å². The molecule has 0 atom stereocenters. The molecule has 0 unspecified atom stereocenters. The molecule has 0 radical (unpaired) electrons. The topological polar surface area (TPSA) is 49.7 Å². The zero-order valence-corrected chi connectivity index (χ0v) is 8.90. The van der Waals surface area contributed by atoms with Crippen LogP contribution in [-0.2, 0) is 0 Å². The van der Waals surface area contributed by atoms with Crippen molar-refractivity contribution >= 4 is 10.8 Å². The van der Waals surface area contributed by atoms with Crippen LogP contribution in [0.1, 0.15) is 6.92 Å². The summed E-state index contributed by atoms with van der Waals surface area (Å²) in [5.41, 5.74) is 0. The molecule has 82 valence electrons. The van der Waals surface area contributed by atoms with Crippen molar-refractivity contribution in [3.05, 3.63) is 42.7 Å². The zero-order valence-electron chi connectivity index (χ0n) is 8.90. The number of phenolic OH excluding ortho intramolecular Hbond substituents is 2. The minimum Gasteiger partial charge on any atom is -0.508 e. The molecule has 0 bridgehead atoms. The van der Waals surface area contributed by atoms with Crippen LogP contribution in [0.5, 0.6) is 17.2 Å². The lowest BCUT2D eigenvalue weighted by Gasteiger charge is -2.09. The molecule has 0 aliphatic carbocycles. The third-order valence-electron chi connectivity index (χ3n) is 2.20. The van der Waals surface area contributed by atoms with E-state index in [1.54, 1.807) is 31.2 Å². The van der Waals surface area contributed by atoms with Gasteiger partial charge in [-0.05, 0) is 19.1 Å². The van der Waals surface area contributed by atoms with E-state index >= 15 is 0 Å². The van der Waals surface area contributed by atoms with Crippen molar-refractivity contribution in [1.82, 2.24) is 0 Å². The fraction of sp³-hybridized carbons (Fsp3) is 0.0769. The normalized spacial score (nSPS) is 10.3. The maximum absolute atomic E-state index is 9.67. The molecule has 0 aromatic heterocycles. The Morgan fingerprint density at radius 1 is 1.19 bits per heavy atom. The highest BCUT2D eigenvalue weighted by Crippen LogP contribution is 2.35. The molecule has 0 aliphatic heterocycles. The Morgan fingerprint density at radius 3 is 2.62 bits per heavy atom. The van der Waals surface area contributed by atoms with Gasteiger partial charge in [0.15, 0.2) is 0 Å². The Morgan fingerprint density at radius 2 is 1.94 bits per heavy atom. The van der Waals surface area contributed by atoms with Gasteiger partial charge in [-0.1, -0.05) is 18.7 Å². The van der Waals surface area contributed by atoms with Crippen molar-refractivity contribution in [2.45, 2.75) is 6.92 Å². The molecule has 2 rings (SSSR count). The quantitative estimate of drug-likeness (QED) is 0.758. The van der Waals surface area contributed by atoms with Crippen LogP contribution in [0.15, 0.2) is 42.7 Å².